The molecule has 2 fully saturated rings. The normalized spacial score (nSPS) is 18.8. The van der Waals surface area contributed by atoms with Crippen molar-refractivity contribution in [3.63, 3.8) is 0 Å². The summed E-state index contributed by atoms with van der Waals surface area (Å²) in [5.41, 5.74) is 8.25. The minimum absolute atomic E-state index is 0. The third-order valence-electron chi connectivity index (χ3n) is 8.75. The van der Waals surface area contributed by atoms with Crippen LogP contribution in [0.2, 0.25) is 0 Å². The molecule has 3 aromatic rings. The lowest BCUT2D eigenvalue weighted by atomic mass is 9.78. The minimum atomic E-state index is -0.0335. The Balaban J connectivity index is 0.00000387. The van der Waals surface area contributed by atoms with Crippen molar-refractivity contribution in [3.8, 4) is 6.07 Å². The summed E-state index contributed by atoms with van der Waals surface area (Å²) in [5, 5.41) is 13.4. The highest BCUT2D eigenvalue weighted by molar-refractivity contribution is 5.97. The van der Waals surface area contributed by atoms with Crippen LogP contribution in [0.1, 0.15) is 54.3 Å². The number of piperazine rings is 1. The van der Waals surface area contributed by atoms with E-state index >= 15 is 0 Å². The molecule has 2 heterocycles. The van der Waals surface area contributed by atoms with Gasteiger partial charge in [-0.3, -0.25) is 4.79 Å². The number of amides is 1. The van der Waals surface area contributed by atoms with E-state index in [1.54, 1.807) is 0 Å². The number of nitrogens with one attached hydrogen (secondary N) is 1. The number of aryl methyl sites for hydroxylation is 3. The largest absolute Gasteiger partial charge is 0.381 e. The van der Waals surface area contributed by atoms with E-state index in [-0.39, 0.29) is 18.8 Å². The van der Waals surface area contributed by atoms with Crippen LogP contribution in [-0.4, -0.2) is 56.1 Å². The van der Waals surface area contributed by atoms with E-state index in [0.29, 0.717) is 0 Å². The lowest BCUT2D eigenvalue weighted by Gasteiger charge is -2.46. The maximum atomic E-state index is 13.7. The smallest absolute Gasteiger partial charge is 0.254 e. The van der Waals surface area contributed by atoms with Gasteiger partial charge in [-0.1, -0.05) is 50.2 Å². The Morgan fingerprint density at radius 3 is 2.23 bits per heavy atom. The average molecular weight is 538 g/mol. The summed E-state index contributed by atoms with van der Waals surface area (Å²) in [6.45, 7) is 15.7. The van der Waals surface area contributed by atoms with Gasteiger partial charge in [0.05, 0.1) is 11.3 Å². The number of hydrogen-bond acceptors (Lipinski definition) is 5. The van der Waals surface area contributed by atoms with Gasteiger partial charge in [0.15, 0.2) is 0 Å². The third kappa shape index (κ3) is 5.51. The summed E-state index contributed by atoms with van der Waals surface area (Å²) in [4.78, 5) is 20.4. The zero-order valence-corrected chi connectivity index (χ0v) is 24.5. The van der Waals surface area contributed by atoms with Crippen molar-refractivity contribution < 1.29 is 6.22 Å². The maximum absolute atomic E-state index is 13.7. The standard InChI is InChI=1S/C34H41N5O.H2/c1-24-10-6-8-12-30(24)37-16-18-38(19-17-37)33(40)28-21-29(26(3)20-25(28)2)36-32-14-15-39(23-34(32,4)5)31-13-9-7-11-27(31)22-35;/h6-13,20-21,32,36H,14-19,23H2,1-5H3;1H. The van der Waals surface area contributed by atoms with Gasteiger partial charge < -0.3 is 20.0 Å². The molecule has 5 rings (SSSR count). The fourth-order valence-electron chi connectivity index (χ4n) is 6.34. The molecule has 2 aliphatic rings. The number of nitriles is 1. The second-order valence-electron chi connectivity index (χ2n) is 12.1. The van der Waals surface area contributed by atoms with Crippen LogP contribution in [-0.2, 0) is 0 Å². The highest BCUT2D eigenvalue weighted by Gasteiger charge is 2.37. The van der Waals surface area contributed by atoms with Crippen molar-refractivity contribution in [2.75, 3.05) is 54.4 Å². The van der Waals surface area contributed by atoms with Crippen LogP contribution in [0, 0.1) is 37.5 Å². The van der Waals surface area contributed by atoms with Gasteiger partial charge in [0, 0.05) is 69.1 Å². The van der Waals surface area contributed by atoms with Crippen LogP contribution < -0.4 is 15.1 Å². The number of nitrogens with zero attached hydrogens (tertiary/aromatic N) is 4. The highest BCUT2D eigenvalue weighted by atomic mass is 16.2. The molecule has 6 heteroatoms. The molecule has 1 N–H and O–H groups in total. The van der Waals surface area contributed by atoms with Crippen molar-refractivity contribution in [3.05, 3.63) is 88.5 Å². The van der Waals surface area contributed by atoms with Crippen LogP contribution >= 0.6 is 0 Å². The van der Waals surface area contributed by atoms with Gasteiger partial charge in [0.25, 0.3) is 5.91 Å². The van der Waals surface area contributed by atoms with Crippen molar-refractivity contribution in [1.29, 1.82) is 5.26 Å². The predicted molar refractivity (Wildman–Crippen MR) is 167 cm³/mol. The first-order chi connectivity index (χ1) is 19.2. The zero-order chi connectivity index (χ0) is 28.4. The van der Waals surface area contributed by atoms with Crippen LogP contribution in [0.5, 0.6) is 0 Å². The van der Waals surface area contributed by atoms with Crippen molar-refractivity contribution >= 4 is 23.0 Å². The Kier molecular flexibility index (Phi) is 7.76. The summed E-state index contributed by atoms with van der Waals surface area (Å²) in [6, 6.07) is 23.2. The fourth-order valence-corrected chi connectivity index (χ4v) is 6.34. The van der Waals surface area contributed by atoms with Crippen LogP contribution in [0.4, 0.5) is 17.1 Å². The lowest BCUT2D eigenvalue weighted by molar-refractivity contribution is 0.0746. The molecule has 0 aliphatic carbocycles. The second kappa shape index (κ2) is 11.3. The van der Waals surface area contributed by atoms with Crippen LogP contribution in [0.3, 0.4) is 0 Å². The molecular formula is C34H43N5O. The Morgan fingerprint density at radius 2 is 1.55 bits per heavy atom. The molecule has 0 aromatic heterocycles. The molecule has 0 radical (unpaired) electrons. The molecule has 0 saturated carbocycles. The number of anilines is 3. The zero-order valence-electron chi connectivity index (χ0n) is 24.5. The molecular weight excluding hydrogens is 494 g/mol. The van der Waals surface area contributed by atoms with E-state index in [9.17, 15) is 10.1 Å². The number of rotatable bonds is 5. The predicted octanol–water partition coefficient (Wildman–Crippen LogP) is 6.41. The van der Waals surface area contributed by atoms with Gasteiger partial charge in [-0.25, -0.2) is 0 Å². The minimum Gasteiger partial charge on any atom is -0.381 e. The number of benzene rings is 3. The van der Waals surface area contributed by atoms with Crippen molar-refractivity contribution in [2.24, 2.45) is 5.41 Å². The van der Waals surface area contributed by atoms with E-state index < -0.39 is 0 Å². The van der Waals surface area contributed by atoms with E-state index in [0.717, 1.165) is 79.3 Å². The number of para-hydroxylation sites is 2. The molecule has 210 valence electrons. The topological polar surface area (TPSA) is 62.6 Å². The maximum Gasteiger partial charge on any atom is 0.254 e. The van der Waals surface area contributed by atoms with Gasteiger partial charge in [-0.05, 0) is 68.1 Å². The Hall–Kier alpha value is -3.98. The molecule has 6 nitrogen and oxygen atoms in total. The average Bonchev–Trinajstić information content (AvgIpc) is 2.95. The summed E-state index contributed by atoms with van der Waals surface area (Å²) in [5.74, 6) is 0.118. The first-order valence-corrected chi connectivity index (χ1v) is 14.4. The van der Waals surface area contributed by atoms with Gasteiger partial charge in [0.2, 0.25) is 0 Å². The molecule has 0 bridgehead atoms. The summed E-state index contributed by atoms with van der Waals surface area (Å²) >= 11 is 0. The van der Waals surface area contributed by atoms with Gasteiger partial charge in [-0.15, -0.1) is 0 Å². The van der Waals surface area contributed by atoms with Gasteiger partial charge in [0.1, 0.15) is 6.07 Å². The molecule has 2 aliphatic heterocycles. The number of carbonyl (C=O) groups excluding carboxylic acids is 1. The van der Waals surface area contributed by atoms with E-state index in [1.165, 1.54) is 11.3 Å². The molecule has 3 aromatic carbocycles. The Labute approximate surface area is 240 Å². The lowest BCUT2D eigenvalue weighted by Crippen LogP contribution is -2.52. The van der Waals surface area contributed by atoms with E-state index in [2.05, 4.69) is 85.3 Å². The molecule has 2 saturated heterocycles. The first-order valence-electron chi connectivity index (χ1n) is 14.4. The Bertz CT molecular complexity index is 1440. The van der Waals surface area contributed by atoms with Crippen molar-refractivity contribution in [1.82, 2.24) is 4.90 Å². The highest BCUT2D eigenvalue weighted by Crippen LogP contribution is 2.36. The summed E-state index contributed by atoms with van der Waals surface area (Å²) < 4.78 is 0. The SMILES string of the molecule is Cc1cc(C)c(C(=O)N2CCN(c3ccccc3C)CC2)cc1NC1CCN(c2ccccc2C#N)CC1(C)C.[HH]. The molecule has 1 amide bonds. The molecule has 0 spiro atoms. The quantitative estimate of drug-likeness (QED) is 0.408. The Morgan fingerprint density at radius 1 is 0.875 bits per heavy atom. The number of piperidine rings is 1. The molecule has 40 heavy (non-hydrogen) atoms. The van der Waals surface area contributed by atoms with Gasteiger partial charge >= 0.3 is 0 Å². The monoisotopic (exact) mass is 537 g/mol. The summed E-state index contributed by atoms with van der Waals surface area (Å²) in [7, 11) is 0. The van der Waals surface area contributed by atoms with Gasteiger partial charge in [-0.2, -0.15) is 5.26 Å². The van der Waals surface area contributed by atoms with Crippen LogP contribution in [0.25, 0.3) is 0 Å². The van der Waals surface area contributed by atoms with Crippen LogP contribution in [0.15, 0.2) is 60.7 Å². The summed E-state index contributed by atoms with van der Waals surface area (Å²) in [6.07, 6.45) is 0.949. The molecule has 1 unspecified atom stereocenters. The first kappa shape index (κ1) is 27.6. The second-order valence-corrected chi connectivity index (χ2v) is 12.1. The van der Waals surface area contributed by atoms with E-state index in [1.807, 2.05) is 36.1 Å². The number of carbonyl (C=O) groups is 1. The fraction of sp³-hybridized carbons (Fsp3) is 0.412. The number of hydrogen-bond donors (Lipinski definition) is 1. The molecule has 1 atom stereocenters. The van der Waals surface area contributed by atoms with E-state index in [4.69, 9.17) is 0 Å². The third-order valence-corrected chi connectivity index (χ3v) is 8.75. The van der Waals surface area contributed by atoms with Crippen molar-refractivity contribution in [2.45, 2.75) is 47.1 Å².